The molecule has 0 saturated carbocycles. The van der Waals surface area contributed by atoms with Crippen molar-refractivity contribution in [1.82, 2.24) is 5.32 Å². The average Bonchev–Trinajstić information content (AvgIpc) is 2.79. The number of hydrogen-bond acceptors (Lipinski definition) is 7. The van der Waals surface area contributed by atoms with E-state index >= 15 is 0 Å². The van der Waals surface area contributed by atoms with Crippen LogP contribution in [0.1, 0.15) is 61.0 Å². The van der Waals surface area contributed by atoms with E-state index in [9.17, 15) is 27.4 Å². The Balaban J connectivity index is 1.98. The topological polar surface area (TPSA) is 156 Å². The molecule has 1 amide bonds. The van der Waals surface area contributed by atoms with Gasteiger partial charge in [0.2, 0.25) is 5.91 Å². The number of ketones is 2. The SMILES string of the molecule is CC(=O)NCc1c(C)cc(C)c(Nc2cc(S(=O)(=O)O)c(N)c3c2C(=O)c2ccccc2C3=O)c1C. The lowest BCUT2D eigenvalue weighted by atomic mass is 9.82. The largest absolute Gasteiger partial charge is 0.397 e. The summed E-state index contributed by atoms with van der Waals surface area (Å²) in [6.45, 7) is 7.25. The van der Waals surface area contributed by atoms with E-state index in [-0.39, 0.29) is 40.4 Å². The molecule has 0 saturated heterocycles. The molecule has 0 spiro atoms. The van der Waals surface area contributed by atoms with E-state index in [2.05, 4.69) is 10.6 Å². The van der Waals surface area contributed by atoms with E-state index in [1.807, 2.05) is 26.8 Å². The van der Waals surface area contributed by atoms with Gasteiger partial charge in [0.25, 0.3) is 10.1 Å². The molecule has 3 aromatic carbocycles. The highest BCUT2D eigenvalue weighted by molar-refractivity contribution is 7.86. The summed E-state index contributed by atoms with van der Waals surface area (Å²) >= 11 is 0. The van der Waals surface area contributed by atoms with E-state index in [4.69, 9.17) is 5.73 Å². The second-order valence-corrected chi connectivity index (χ2v) is 10.2. The quantitative estimate of drug-likeness (QED) is 0.236. The number of amides is 1. The van der Waals surface area contributed by atoms with Crippen molar-refractivity contribution in [3.63, 3.8) is 0 Å². The number of anilines is 3. The van der Waals surface area contributed by atoms with Gasteiger partial charge in [-0.2, -0.15) is 8.42 Å². The third-order valence-corrected chi connectivity index (χ3v) is 7.28. The lowest BCUT2D eigenvalue weighted by Crippen LogP contribution is -2.25. The fraction of sp³-hybridized carbons (Fsp3) is 0.192. The van der Waals surface area contributed by atoms with Gasteiger partial charge in [-0.3, -0.25) is 18.9 Å². The predicted molar refractivity (Wildman–Crippen MR) is 135 cm³/mol. The molecule has 1 aliphatic rings. The van der Waals surface area contributed by atoms with Crippen molar-refractivity contribution < 1.29 is 27.4 Å². The minimum Gasteiger partial charge on any atom is -0.397 e. The van der Waals surface area contributed by atoms with E-state index in [0.29, 0.717) is 5.69 Å². The zero-order valence-electron chi connectivity index (χ0n) is 20.1. The molecule has 0 atom stereocenters. The minimum absolute atomic E-state index is 0.0141. The smallest absolute Gasteiger partial charge is 0.296 e. The van der Waals surface area contributed by atoms with Gasteiger partial charge in [0, 0.05) is 30.3 Å². The summed E-state index contributed by atoms with van der Waals surface area (Å²) in [5.41, 5.74) is 9.36. The molecule has 0 heterocycles. The van der Waals surface area contributed by atoms with Crippen LogP contribution in [0.25, 0.3) is 0 Å². The maximum Gasteiger partial charge on any atom is 0.296 e. The number of carbonyl (C=O) groups excluding carboxylic acids is 3. The van der Waals surface area contributed by atoms with Crippen LogP contribution >= 0.6 is 0 Å². The second kappa shape index (κ2) is 8.89. The lowest BCUT2D eigenvalue weighted by Gasteiger charge is -2.25. The van der Waals surface area contributed by atoms with Gasteiger partial charge in [-0.15, -0.1) is 0 Å². The predicted octanol–water partition coefficient (Wildman–Crippen LogP) is 3.60. The van der Waals surface area contributed by atoms with Gasteiger partial charge >= 0.3 is 0 Å². The summed E-state index contributed by atoms with van der Waals surface area (Å²) in [4.78, 5) is 37.7. The van der Waals surface area contributed by atoms with E-state index in [1.165, 1.54) is 19.1 Å². The summed E-state index contributed by atoms with van der Waals surface area (Å²) in [6.07, 6.45) is 0. The number of aryl methyl sites for hydroxylation is 2. The highest BCUT2D eigenvalue weighted by Crippen LogP contribution is 2.41. The molecule has 186 valence electrons. The molecular weight excluding hydrogens is 482 g/mol. The number of rotatable bonds is 5. The molecule has 0 aliphatic heterocycles. The van der Waals surface area contributed by atoms with Gasteiger partial charge in [0.1, 0.15) is 4.90 Å². The Morgan fingerprint density at radius 3 is 2.11 bits per heavy atom. The van der Waals surface area contributed by atoms with E-state index in [1.54, 1.807) is 12.1 Å². The highest BCUT2D eigenvalue weighted by Gasteiger charge is 2.36. The Morgan fingerprint density at radius 1 is 0.972 bits per heavy atom. The molecule has 1 aliphatic carbocycles. The fourth-order valence-corrected chi connectivity index (χ4v) is 5.29. The number of hydrogen-bond donors (Lipinski definition) is 4. The first kappa shape index (κ1) is 25.1. The van der Waals surface area contributed by atoms with Gasteiger partial charge in [-0.25, -0.2) is 0 Å². The monoisotopic (exact) mass is 507 g/mol. The summed E-state index contributed by atoms with van der Waals surface area (Å²) in [5, 5.41) is 5.90. The van der Waals surface area contributed by atoms with Crippen molar-refractivity contribution in [2.24, 2.45) is 0 Å². The van der Waals surface area contributed by atoms with Gasteiger partial charge in [0.15, 0.2) is 11.6 Å². The summed E-state index contributed by atoms with van der Waals surface area (Å²) < 4.78 is 34.2. The van der Waals surface area contributed by atoms with Crippen molar-refractivity contribution in [2.45, 2.75) is 39.1 Å². The maximum atomic E-state index is 13.5. The first-order valence-corrected chi connectivity index (χ1v) is 12.5. The molecule has 0 aromatic heterocycles. The van der Waals surface area contributed by atoms with Crippen LogP contribution in [0.3, 0.4) is 0 Å². The second-order valence-electron chi connectivity index (χ2n) is 8.79. The summed E-state index contributed by atoms with van der Waals surface area (Å²) in [7, 11) is -4.83. The number of nitrogens with one attached hydrogen (secondary N) is 2. The van der Waals surface area contributed by atoms with E-state index < -0.39 is 32.3 Å². The number of nitrogen functional groups attached to an aromatic ring is 1. The van der Waals surface area contributed by atoms with Crippen LogP contribution in [0.2, 0.25) is 0 Å². The standard InChI is InChI=1S/C26H25N3O6S/c1-12-9-13(2)24(14(3)18(12)11-28-15(4)30)29-19-10-20(36(33,34)35)23(27)22-21(19)25(31)16-7-5-6-8-17(16)26(22)32/h5-10,29H,11,27H2,1-4H3,(H,28,30)(H,33,34,35). The third-order valence-electron chi connectivity index (χ3n) is 6.38. The number of fused-ring (bicyclic) bond motifs is 2. The molecule has 0 bridgehead atoms. The fourth-order valence-electron chi connectivity index (χ4n) is 4.64. The van der Waals surface area contributed by atoms with Crippen LogP contribution in [0.15, 0.2) is 41.3 Å². The third kappa shape index (κ3) is 4.14. The summed E-state index contributed by atoms with van der Waals surface area (Å²) in [6, 6.07) is 9.15. The maximum absolute atomic E-state index is 13.5. The average molecular weight is 508 g/mol. The molecule has 0 fully saturated rings. The van der Waals surface area contributed by atoms with E-state index in [0.717, 1.165) is 28.3 Å². The van der Waals surface area contributed by atoms with Crippen molar-refractivity contribution in [3.8, 4) is 0 Å². The highest BCUT2D eigenvalue weighted by atomic mass is 32.2. The van der Waals surface area contributed by atoms with Crippen LogP contribution in [-0.2, 0) is 21.5 Å². The minimum atomic E-state index is -4.83. The molecule has 10 heteroatoms. The molecular formula is C26H25N3O6S. The van der Waals surface area contributed by atoms with Crippen molar-refractivity contribution in [2.75, 3.05) is 11.1 Å². The van der Waals surface area contributed by atoms with Crippen molar-refractivity contribution in [3.05, 3.63) is 80.9 Å². The van der Waals surface area contributed by atoms with Crippen LogP contribution in [0.4, 0.5) is 17.1 Å². The number of carbonyl (C=O) groups is 3. The normalized spacial score (nSPS) is 12.7. The number of benzene rings is 3. The molecule has 0 radical (unpaired) electrons. The van der Waals surface area contributed by atoms with Gasteiger partial charge in [0.05, 0.1) is 22.5 Å². The van der Waals surface area contributed by atoms with Crippen molar-refractivity contribution in [1.29, 1.82) is 0 Å². The zero-order chi connectivity index (χ0) is 26.5. The lowest BCUT2D eigenvalue weighted by molar-refractivity contribution is -0.119. The molecule has 3 aromatic rings. The molecule has 9 nitrogen and oxygen atoms in total. The van der Waals surface area contributed by atoms with Gasteiger partial charge in [-0.1, -0.05) is 30.3 Å². The summed E-state index contributed by atoms with van der Waals surface area (Å²) in [5.74, 6) is -1.32. The van der Waals surface area contributed by atoms with Crippen LogP contribution in [-0.4, -0.2) is 30.4 Å². The Kier molecular flexibility index (Phi) is 6.19. The van der Waals surface area contributed by atoms with Crippen molar-refractivity contribution >= 4 is 44.7 Å². The first-order chi connectivity index (χ1) is 16.8. The van der Waals surface area contributed by atoms with Gasteiger partial charge in [-0.05, 0) is 49.1 Å². The number of nitrogens with two attached hydrogens (primary N) is 1. The Hall–Kier alpha value is -4.02. The van der Waals surface area contributed by atoms with Crippen LogP contribution < -0.4 is 16.4 Å². The van der Waals surface area contributed by atoms with Crippen LogP contribution in [0.5, 0.6) is 0 Å². The Bertz CT molecular complexity index is 1590. The Morgan fingerprint density at radius 2 is 1.56 bits per heavy atom. The molecule has 0 unspecified atom stereocenters. The zero-order valence-corrected chi connectivity index (χ0v) is 21.0. The van der Waals surface area contributed by atoms with Gasteiger partial charge < -0.3 is 16.4 Å². The first-order valence-electron chi connectivity index (χ1n) is 11.1. The molecule has 5 N–H and O–H groups in total. The molecule has 4 rings (SSSR count). The Labute approximate surface area is 208 Å². The van der Waals surface area contributed by atoms with Crippen LogP contribution in [0, 0.1) is 20.8 Å². The molecule has 36 heavy (non-hydrogen) atoms.